The molecule has 0 N–H and O–H groups in total. The van der Waals surface area contributed by atoms with Crippen LogP contribution in [0.1, 0.15) is 5.56 Å². The highest BCUT2D eigenvalue weighted by Gasteiger charge is 2.24. The molecule has 0 amide bonds. The van der Waals surface area contributed by atoms with Crippen molar-refractivity contribution in [2.45, 2.75) is 5.75 Å². The van der Waals surface area contributed by atoms with Crippen LogP contribution in [0.25, 0.3) is 0 Å². The van der Waals surface area contributed by atoms with Gasteiger partial charge in [0.05, 0.1) is 19.0 Å². The minimum atomic E-state index is -3.18. The average molecular weight is 241 g/mol. The molecule has 5 heteroatoms. The summed E-state index contributed by atoms with van der Waals surface area (Å²) in [5.41, 5.74) is 0.828. The fraction of sp³-hybridized carbons (Fsp3) is 0.455. The van der Waals surface area contributed by atoms with E-state index in [-0.39, 0.29) is 5.75 Å². The summed E-state index contributed by atoms with van der Waals surface area (Å²) in [5, 5.41) is 0. The Labute approximate surface area is 95.9 Å². The number of hydrogen-bond acceptors (Lipinski definition) is 3. The first-order chi connectivity index (χ1) is 7.68. The molecule has 1 aromatic rings. The Balaban J connectivity index is 2.08. The highest BCUT2D eigenvalue weighted by Crippen LogP contribution is 2.12. The van der Waals surface area contributed by atoms with Crippen LogP contribution in [-0.4, -0.2) is 39.0 Å². The van der Waals surface area contributed by atoms with Crippen LogP contribution in [0.3, 0.4) is 0 Å². The Morgan fingerprint density at radius 1 is 1.12 bits per heavy atom. The van der Waals surface area contributed by atoms with Crippen molar-refractivity contribution in [1.82, 2.24) is 4.31 Å². The second kappa shape index (κ2) is 4.95. The van der Waals surface area contributed by atoms with Gasteiger partial charge in [0.1, 0.15) is 0 Å². The first kappa shape index (κ1) is 11.6. The van der Waals surface area contributed by atoms with Crippen LogP contribution in [0.5, 0.6) is 0 Å². The van der Waals surface area contributed by atoms with E-state index in [9.17, 15) is 8.42 Å². The van der Waals surface area contributed by atoms with Gasteiger partial charge >= 0.3 is 0 Å². The number of ether oxygens (including phenoxy) is 1. The van der Waals surface area contributed by atoms with E-state index < -0.39 is 10.0 Å². The van der Waals surface area contributed by atoms with Crippen LogP contribution in [0, 0.1) is 0 Å². The molecule has 1 aromatic carbocycles. The van der Waals surface area contributed by atoms with Gasteiger partial charge < -0.3 is 4.74 Å². The van der Waals surface area contributed by atoms with Crippen molar-refractivity contribution in [1.29, 1.82) is 0 Å². The predicted octanol–water partition coefficient (Wildman–Crippen LogP) is 0.849. The van der Waals surface area contributed by atoms with Gasteiger partial charge in [-0.1, -0.05) is 30.3 Å². The van der Waals surface area contributed by atoms with Crippen molar-refractivity contribution >= 4 is 10.0 Å². The van der Waals surface area contributed by atoms with Crippen molar-refractivity contribution in [2.75, 3.05) is 26.3 Å². The fourth-order valence-corrected chi connectivity index (χ4v) is 3.20. The quantitative estimate of drug-likeness (QED) is 0.788. The summed E-state index contributed by atoms with van der Waals surface area (Å²) in [4.78, 5) is 0. The summed E-state index contributed by atoms with van der Waals surface area (Å²) in [6.07, 6.45) is 0. The molecular weight excluding hydrogens is 226 g/mol. The standard InChI is InChI=1S/C11H15NO3S/c13-16(14,12-6-8-15-9-7-12)10-11-4-2-1-3-5-11/h1-5H,6-10H2. The molecule has 1 aliphatic rings. The molecule has 1 fully saturated rings. The molecule has 0 saturated carbocycles. The third-order valence-electron chi connectivity index (χ3n) is 2.56. The molecule has 0 aromatic heterocycles. The summed E-state index contributed by atoms with van der Waals surface area (Å²) >= 11 is 0. The van der Waals surface area contributed by atoms with Crippen molar-refractivity contribution in [3.05, 3.63) is 35.9 Å². The van der Waals surface area contributed by atoms with Crippen LogP contribution in [0.4, 0.5) is 0 Å². The highest BCUT2D eigenvalue weighted by atomic mass is 32.2. The van der Waals surface area contributed by atoms with Crippen molar-refractivity contribution in [3.8, 4) is 0 Å². The fourth-order valence-electron chi connectivity index (χ4n) is 1.70. The average Bonchev–Trinajstić information content (AvgIpc) is 2.31. The van der Waals surface area contributed by atoms with E-state index in [4.69, 9.17) is 4.74 Å². The Bertz CT molecular complexity index is 424. The zero-order valence-corrected chi connectivity index (χ0v) is 9.82. The molecule has 4 nitrogen and oxygen atoms in total. The van der Waals surface area contributed by atoms with Crippen LogP contribution in [-0.2, 0) is 20.5 Å². The molecule has 88 valence electrons. The van der Waals surface area contributed by atoms with Gasteiger partial charge in [0.2, 0.25) is 10.0 Å². The molecule has 1 aliphatic heterocycles. The molecule has 0 atom stereocenters. The van der Waals surface area contributed by atoms with E-state index in [2.05, 4.69) is 0 Å². The van der Waals surface area contributed by atoms with Crippen LogP contribution in [0.2, 0.25) is 0 Å². The molecule has 1 heterocycles. The highest BCUT2D eigenvalue weighted by molar-refractivity contribution is 7.88. The maximum absolute atomic E-state index is 12.0. The zero-order valence-electron chi connectivity index (χ0n) is 9.00. The smallest absolute Gasteiger partial charge is 0.218 e. The van der Waals surface area contributed by atoms with E-state index in [1.165, 1.54) is 4.31 Å². The molecule has 16 heavy (non-hydrogen) atoms. The van der Waals surface area contributed by atoms with E-state index in [0.29, 0.717) is 26.3 Å². The van der Waals surface area contributed by atoms with Crippen LogP contribution in [0.15, 0.2) is 30.3 Å². The number of hydrogen-bond donors (Lipinski definition) is 0. The Hall–Kier alpha value is -0.910. The van der Waals surface area contributed by atoms with Gasteiger partial charge in [0, 0.05) is 13.1 Å². The SMILES string of the molecule is O=S(=O)(Cc1ccccc1)N1CCOCC1. The normalized spacial score (nSPS) is 18.5. The van der Waals surface area contributed by atoms with Crippen molar-refractivity contribution < 1.29 is 13.2 Å². The van der Waals surface area contributed by atoms with E-state index in [1.54, 1.807) is 0 Å². The first-order valence-corrected chi connectivity index (χ1v) is 6.89. The Morgan fingerprint density at radius 3 is 2.38 bits per heavy atom. The van der Waals surface area contributed by atoms with Crippen LogP contribution >= 0.6 is 0 Å². The zero-order chi connectivity index (χ0) is 11.4. The van der Waals surface area contributed by atoms with Gasteiger partial charge in [0.15, 0.2) is 0 Å². The topological polar surface area (TPSA) is 46.6 Å². The minimum absolute atomic E-state index is 0.0772. The van der Waals surface area contributed by atoms with Gasteiger partial charge in [-0.25, -0.2) is 8.42 Å². The monoisotopic (exact) mass is 241 g/mol. The number of morpholine rings is 1. The lowest BCUT2D eigenvalue weighted by Gasteiger charge is -2.26. The lowest BCUT2D eigenvalue weighted by molar-refractivity contribution is 0.0729. The number of sulfonamides is 1. The lowest BCUT2D eigenvalue weighted by Crippen LogP contribution is -2.41. The lowest BCUT2D eigenvalue weighted by atomic mass is 10.2. The minimum Gasteiger partial charge on any atom is -0.379 e. The maximum atomic E-state index is 12.0. The van der Waals surface area contributed by atoms with E-state index in [1.807, 2.05) is 30.3 Å². The van der Waals surface area contributed by atoms with Crippen molar-refractivity contribution in [3.63, 3.8) is 0 Å². The van der Waals surface area contributed by atoms with Crippen LogP contribution < -0.4 is 0 Å². The molecule has 0 radical (unpaired) electrons. The number of nitrogens with zero attached hydrogens (tertiary/aromatic N) is 1. The molecule has 1 saturated heterocycles. The predicted molar refractivity (Wildman–Crippen MR) is 61.5 cm³/mol. The molecule has 0 bridgehead atoms. The molecular formula is C11H15NO3S. The Morgan fingerprint density at radius 2 is 1.75 bits per heavy atom. The van der Waals surface area contributed by atoms with E-state index >= 15 is 0 Å². The van der Waals surface area contributed by atoms with Gasteiger partial charge in [-0.05, 0) is 5.56 Å². The summed E-state index contributed by atoms with van der Waals surface area (Å²) < 4.78 is 30.7. The van der Waals surface area contributed by atoms with Crippen molar-refractivity contribution in [2.24, 2.45) is 0 Å². The summed E-state index contributed by atoms with van der Waals surface area (Å²) in [6, 6.07) is 9.25. The van der Waals surface area contributed by atoms with Gasteiger partial charge in [0.25, 0.3) is 0 Å². The maximum Gasteiger partial charge on any atom is 0.218 e. The van der Waals surface area contributed by atoms with Gasteiger partial charge in [-0.3, -0.25) is 0 Å². The third kappa shape index (κ3) is 2.81. The second-order valence-electron chi connectivity index (χ2n) is 3.75. The summed E-state index contributed by atoms with van der Waals surface area (Å²) in [6.45, 7) is 1.92. The second-order valence-corrected chi connectivity index (χ2v) is 5.72. The van der Waals surface area contributed by atoms with E-state index in [0.717, 1.165) is 5.56 Å². The Kier molecular flexibility index (Phi) is 3.58. The molecule has 0 unspecified atom stereocenters. The largest absolute Gasteiger partial charge is 0.379 e. The molecule has 0 spiro atoms. The first-order valence-electron chi connectivity index (χ1n) is 5.28. The van der Waals surface area contributed by atoms with Gasteiger partial charge in [-0.2, -0.15) is 4.31 Å². The van der Waals surface area contributed by atoms with Gasteiger partial charge in [-0.15, -0.1) is 0 Å². The molecule has 0 aliphatic carbocycles. The summed E-state index contributed by atoms with van der Waals surface area (Å²) in [7, 11) is -3.18. The summed E-state index contributed by atoms with van der Waals surface area (Å²) in [5.74, 6) is 0.0772. The number of benzene rings is 1. The number of rotatable bonds is 3. The third-order valence-corrected chi connectivity index (χ3v) is 4.41. The molecule has 2 rings (SSSR count).